The van der Waals surface area contributed by atoms with Crippen LogP contribution < -0.4 is 0 Å². The Bertz CT molecular complexity index is 1010. The van der Waals surface area contributed by atoms with Gasteiger partial charge in [0.2, 0.25) is 5.91 Å². The molecule has 0 aliphatic carbocycles. The number of benzene rings is 2. The molecule has 30 heavy (non-hydrogen) atoms. The van der Waals surface area contributed by atoms with Crippen LogP contribution in [0.3, 0.4) is 0 Å². The van der Waals surface area contributed by atoms with Gasteiger partial charge in [-0.2, -0.15) is 0 Å². The summed E-state index contributed by atoms with van der Waals surface area (Å²) in [5.74, 6) is 0.226. The number of hydrogen-bond donors (Lipinski definition) is 0. The number of imidazole rings is 1. The molecule has 2 heterocycles. The zero-order chi connectivity index (χ0) is 21.1. The third kappa shape index (κ3) is 4.62. The fraction of sp³-hybridized carbons (Fsp3) is 0.360. The van der Waals surface area contributed by atoms with Gasteiger partial charge in [0, 0.05) is 32.4 Å². The summed E-state index contributed by atoms with van der Waals surface area (Å²) in [7, 11) is 2.04. The van der Waals surface area contributed by atoms with Crippen LogP contribution in [0, 0.1) is 13.8 Å². The lowest BCUT2D eigenvalue weighted by Gasteiger charge is -2.24. The van der Waals surface area contributed by atoms with Crippen molar-refractivity contribution in [3.05, 3.63) is 89.0 Å². The molecule has 3 aromatic rings. The highest BCUT2D eigenvalue weighted by Crippen LogP contribution is 2.21. The number of nitrogens with zero attached hydrogens (tertiary/aromatic N) is 4. The summed E-state index contributed by atoms with van der Waals surface area (Å²) in [6.45, 7) is 7.19. The maximum atomic E-state index is 13.0. The fourth-order valence-electron chi connectivity index (χ4n) is 4.20. The lowest BCUT2D eigenvalue weighted by atomic mass is 10.1. The van der Waals surface area contributed by atoms with Crippen molar-refractivity contribution in [2.24, 2.45) is 0 Å². The summed E-state index contributed by atoms with van der Waals surface area (Å²) >= 11 is 0. The molecule has 5 heteroatoms. The van der Waals surface area contributed by atoms with E-state index in [-0.39, 0.29) is 11.9 Å². The van der Waals surface area contributed by atoms with Crippen LogP contribution in [-0.4, -0.2) is 44.9 Å². The Morgan fingerprint density at radius 1 is 1.03 bits per heavy atom. The molecule has 1 saturated heterocycles. The predicted molar refractivity (Wildman–Crippen MR) is 119 cm³/mol. The Balaban J connectivity index is 1.39. The van der Waals surface area contributed by atoms with E-state index in [1.165, 1.54) is 22.3 Å². The highest BCUT2D eigenvalue weighted by molar-refractivity contribution is 5.83. The van der Waals surface area contributed by atoms with Gasteiger partial charge in [-0.05, 0) is 38.4 Å². The molecule has 0 saturated carbocycles. The van der Waals surface area contributed by atoms with Crippen molar-refractivity contribution in [3.8, 4) is 0 Å². The van der Waals surface area contributed by atoms with Crippen molar-refractivity contribution in [2.75, 3.05) is 13.6 Å². The number of carbonyl (C=O) groups is 1. The number of amides is 1. The molecule has 1 aromatic heterocycles. The number of aryl methyl sites for hydroxylation is 2. The van der Waals surface area contributed by atoms with Gasteiger partial charge in [0.1, 0.15) is 0 Å². The lowest BCUT2D eigenvalue weighted by Crippen LogP contribution is -2.39. The molecular formula is C25H30N4O. The summed E-state index contributed by atoms with van der Waals surface area (Å²) in [6.07, 6.45) is 4.66. The van der Waals surface area contributed by atoms with Crippen molar-refractivity contribution < 1.29 is 4.79 Å². The normalized spacial score (nSPS) is 16.6. The van der Waals surface area contributed by atoms with Crippen LogP contribution in [0.15, 0.2) is 61.1 Å². The van der Waals surface area contributed by atoms with Gasteiger partial charge in [-0.1, -0.05) is 59.7 Å². The van der Waals surface area contributed by atoms with Crippen molar-refractivity contribution in [1.29, 1.82) is 0 Å². The molecule has 0 bridgehead atoms. The smallest absolute Gasteiger partial charge is 0.240 e. The lowest BCUT2D eigenvalue weighted by molar-refractivity contribution is -0.132. The van der Waals surface area contributed by atoms with Crippen molar-refractivity contribution in [2.45, 2.75) is 45.9 Å². The average molecular weight is 403 g/mol. The molecule has 0 unspecified atom stereocenters. The Kier molecular flexibility index (Phi) is 6.00. The van der Waals surface area contributed by atoms with E-state index in [1.54, 1.807) is 0 Å². The van der Waals surface area contributed by atoms with Crippen molar-refractivity contribution in [1.82, 2.24) is 19.4 Å². The monoisotopic (exact) mass is 402 g/mol. The zero-order valence-corrected chi connectivity index (χ0v) is 18.1. The van der Waals surface area contributed by atoms with Crippen LogP contribution in [-0.2, 0) is 24.4 Å². The summed E-state index contributed by atoms with van der Waals surface area (Å²) in [5, 5.41) is 0. The third-order valence-corrected chi connectivity index (χ3v) is 5.94. The fourth-order valence-corrected chi connectivity index (χ4v) is 4.20. The molecule has 1 aliphatic rings. The topological polar surface area (TPSA) is 41.4 Å². The Hall–Kier alpha value is -2.92. The van der Waals surface area contributed by atoms with Crippen molar-refractivity contribution >= 4 is 5.91 Å². The van der Waals surface area contributed by atoms with Gasteiger partial charge in [-0.3, -0.25) is 9.69 Å². The summed E-state index contributed by atoms with van der Waals surface area (Å²) < 4.78 is 2.17. The standard InChI is InChI=1S/C25H30N4O/c1-19-7-9-21(10-8-19)15-29-18-26-14-23(29)17-27(3)24-11-12-28(25(24)30)16-22-6-4-5-20(2)13-22/h4-10,13-14,18,24H,11-12,15-17H2,1-3H3/t24-/m0/s1. The minimum absolute atomic E-state index is 0.0717. The van der Waals surface area contributed by atoms with Crippen LogP contribution in [0.1, 0.15) is 34.4 Å². The second-order valence-corrected chi connectivity index (χ2v) is 8.47. The molecular weight excluding hydrogens is 372 g/mol. The first-order chi connectivity index (χ1) is 14.5. The van der Waals surface area contributed by atoms with Crippen LogP contribution in [0.5, 0.6) is 0 Å². The van der Waals surface area contributed by atoms with Crippen LogP contribution in [0.2, 0.25) is 0 Å². The van der Waals surface area contributed by atoms with Gasteiger partial charge in [0.05, 0.1) is 18.1 Å². The Morgan fingerprint density at radius 3 is 2.60 bits per heavy atom. The van der Waals surface area contributed by atoms with Gasteiger partial charge in [0.15, 0.2) is 0 Å². The molecule has 0 radical (unpaired) electrons. The van der Waals surface area contributed by atoms with E-state index in [2.05, 4.69) is 76.8 Å². The first kappa shape index (κ1) is 20.4. The van der Waals surface area contributed by atoms with E-state index in [1.807, 2.05) is 24.5 Å². The van der Waals surface area contributed by atoms with E-state index in [4.69, 9.17) is 0 Å². The number of likely N-dealkylation sites (tertiary alicyclic amines) is 1. The molecule has 5 nitrogen and oxygen atoms in total. The second-order valence-electron chi connectivity index (χ2n) is 8.47. The van der Waals surface area contributed by atoms with E-state index < -0.39 is 0 Å². The Morgan fingerprint density at radius 2 is 1.83 bits per heavy atom. The van der Waals surface area contributed by atoms with Gasteiger partial charge in [-0.15, -0.1) is 0 Å². The predicted octanol–water partition coefficient (Wildman–Crippen LogP) is 3.78. The largest absolute Gasteiger partial charge is 0.337 e. The third-order valence-electron chi connectivity index (χ3n) is 5.94. The molecule has 1 aliphatic heterocycles. The van der Waals surface area contributed by atoms with E-state index in [9.17, 15) is 4.79 Å². The second kappa shape index (κ2) is 8.84. The number of rotatable bonds is 7. The summed E-state index contributed by atoms with van der Waals surface area (Å²) in [6, 6.07) is 16.9. The average Bonchev–Trinajstić information content (AvgIpc) is 3.30. The number of likely N-dealkylation sites (N-methyl/N-ethyl adjacent to an activating group) is 1. The van der Waals surface area contributed by atoms with E-state index in [0.717, 1.165) is 25.2 Å². The molecule has 2 aromatic carbocycles. The first-order valence-electron chi connectivity index (χ1n) is 10.6. The number of carbonyl (C=O) groups excluding carboxylic acids is 1. The molecule has 1 amide bonds. The maximum Gasteiger partial charge on any atom is 0.240 e. The SMILES string of the molecule is Cc1ccc(Cn2cncc2CN(C)[C@H]2CCN(Cc3cccc(C)c3)C2=O)cc1. The summed E-state index contributed by atoms with van der Waals surface area (Å²) in [4.78, 5) is 21.5. The minimum Gasteiger partial charge on any atom is -0.337 e. The highest BCUT2D eigenvalue weighted by atomic mass is 16.2. The molecule has 156 valence electrons. The van der Waals surface area contributed by atoms with Crippen LogP contribution >= 0.6 is 0 Å². The molecule has 4 rings (SSSR count). The summed E-state index contributed by atoms with van der Waals surface area (Å²) in [5.41, 5.74) is 6.07. The van der Waals surface area contributed by atoms with Gasteiger partial charge in [0.25, 0.3) is 0 Å². The molecule has 1 atom stereocenters. The quantitative estimate of drug-likeness (QED) is 0.604. The van der Waals surface area contributed by atoms with Crippen LogP contribution in [0.25, 0.3) is 0 Å². The maximum absolute atomic E-state index is 13.0. The van der Waals surface area contributed by atoms with Gasteiger partial charge >= 0.3 is 0 Å². The minimum atomic E-state index is -0.0717. The number of aromatic nitrogens is 2. The number of hydrogen-bond acceptors (Lipinski definition) is 3. The molecule has 1 fully saturated rings. The first-order valence-corrected chi connectivity index (χ1v) is 10.6. The van der Waals surface area contributed by atoms with E-state index in [0.29, 0.717) is 13.1 Å². The zero-order valence-electron chi connectivity index (χ0n) is 18.1. The Labute approximate surface area is 179 Å². The highest BCUT2D eigenvalue weighted by Gasteiger charge is 2.34. The van der Waals surface area contributed by atoms with Gasteiger partial charge in [-0.25, -0.2) is 4.98 Å². The van der Waals surface area contributed by atoms with Crippen molar-refractivity contribution in [3.63, 3.8) is 0 Å². The molecule has 0 spiro atoms. The van der Waals surface area contributed by atoms with Gasteiger partial charge < -0.3 is 9.47 Å². The molecule has 0 N–H and O–H groups in total. The van der Waals surface area contributed by atoms with Crippen LogP contribution in [0.4, 0.5) is 0 Å². The van der Waals surface area contributed by atoms with E-state index >= 15 is 0 Å².